The van der Waals surface area contributed by atoms with Gasteiger partial charge in [0.05, 0.1) is 11.4 Å². The van der Waals surface area contributed by atoms with Crippen molar-refractivity contribution in [2.45, 2.75) is 6.67 Å². The maximum atomic E-state index is 5.44. The number of nitrogens with one attached hydrogen (secondary N) is 3. The maximum Gasteiger partial charge on any atom is 0.221 e. The molecule has 7 heteroatoms. The molecule has 3 N–H and O–H groups in total. The molecule has 0 radical (unpaired) electrons. The minimum atomic E-state index is 0.645. The average Bonchev–Trinajstić information content (AvgIpc) is 3.35. The van der Waals surface area contributed by atoms with Crippen LogP contribution in [0.25, 0.3) is 16.8 Å². The number of nitrogens with zero attached hydrogens (tertiary/aromatic N) is 2. The summed E-state index contributed by atoms with van der Waals surface area (Å²) in [5.74, 6) is 0.879. The van der Waals surface area contributed by atoms with Gasteiger partial charge >= 0.3 is 0 Å². The second-order valence-electron chi connectivity index (χ2n) is 6.94. The standard InChI is InChI=1S/C20H23N5S2/c26-20-21-19(18-9-5-15-27-18)22-25(20)16-24-13-11-23(12-14-24)10-4-8-17-6-2-1-3-7-17/h1-9,15H,10-14,16H2,(H,21,22,26)/p+2/b8-4+. The van der Waals surface area contributed by atoms with E-state index in [-0.39, 0.29) is 0 Å². The van der Waals surface area contributed by atoms with Gasteiger partial charge in [0.15, 0.2) is 12.5 Å². The number of thiophene rings is 1. The van der Waals surface area contributed by atoms with Gasteiger partial charge in [-0.25, -0.2) is 4.68 Å². The maximum absolute atomic E-state index is 5.44. The van der Waals surface area contributed by atoms with E-state index in [1.165, 1.54) is 18.7 Å². The molecule has 27 heavy (non-hydrogen) atoms. The lowest BCUT2D eigenvalue weighted by Crippen LogP contribution is -3.27. The predicted molar refractivity (Wildman–Crippen MR) is 112 cm³/mol. The molecule has 2 aromatic heterocycles. The Morgan fingerprint density at radius 1 is 1.07 bits per heavy atom. The zero-order valence-corrected chi connectivity index (χ0v) is 16.9. The summed E-state index contributed by atoms with van der Waals surface area (Å²) >= 11 is 7.12. The lowest BCUT2D eigenvalue weighted by molar-refractivity contribution is -1.02. The van der Waals surface area contributed by atoms with Gasteiger partial charge in [0.25, 0.3) is 0 Å². The molecule has 1 aliphatic heterocycles. The van der Waals surface area contributed by atoms with Crippen molar-refractivity contribution in [3.8, 4) is 10.7 Å². The Balaban J connectivity index is 1.27. The Labute approximate surface area is 168 Å². The second kappa shape index (κ2) is 8.75. The molecule has 4 rings (SSSR count). The summed E-state index contributed by atoms with van der Waals surface area (Å²) < 4.78 is 2.66. The van der Waals surface area contributed by atoms with E-state index >= 15 is 0 Å². The van der Waals surface area contributed by atoms with Gasteiger partial charge in [0.2, 0.25) is 4.77 Å². The summed E-state index contributed by atoms with van der Waals surface area (Å²) in [6.45, 7) is 6.65. The molecular weight excluding hydrogens is 374 g/mol. The van der Waals surface area contributed by atoms with E-state index in [1.54, 1.807) is 21.1 Å². The Morgan fingerprint density at radius 2 is 1.85 bits per heavy atom. The third-order valence-electron chi connectivity index (χ3n) is 5.00. The summed E-state index contributed by atoms with van der Waals surface area (Å²) in [5.41, 5.74) is 1.27. The van der Waals surface area contributed by atoms with Crippen molar-refractivity contribution >= 4 is 29.6 Å². The van der Waals surface area contributed by atoms with E-state index in [0.29, 0.717) is 4.77 Å². The van der Waals surface area contributed by atoms with Crippen LogP contribution in [-0.4, -0.2) is 47.5 Å². The lowest BCUT2D eigenvalue weighted by atomic mass is 10.2. The van der Waals surface area contributed by atoms with Gasteiger partial charge in [-0.3, -0.25) is 5.10 Å². The van der Waals surface area contributed by atoms with E-state index in [1.807, 2.05) is 10.7 Å². The molecule has 0 bridgehead atoms. The molecule has 3 aromatic rings. The van der Waals surface area contributed by atoms with Gasteiger partial charge in [0.1, 0.15) is 26.2 Å². The smallest absolute Gasteiger partial charge is 0.221 e. The van der Waals surface area contributed by atoms with Crippen LogP contribution < -0.4 is 9.80 Å². The SMILES string of the molecule is S=c1nc(-c2cccs2)[nH]n1C[NH+]1CC[NH+](C/C=C/c2ccccc2)CC1. The number of aromatic nitrogens is 3. The highest BCUT2D eigenvalue weighted by atomic mass is 32.1. The molecule has 1 saturated heterocycles. The predicted octanol–water partition coefficient (Wildman–Crippen LogP) is 1.12. The summed E-state index contributed by atoms with van der Waals surface area (Å²) in [4.78, 5) is 8.85. The third-order valence-corrected chi connectivity index (χ3v) is 6.18. The fourth-order valence-electron chi connectivity index (χ4n) is 3.46. The van der Waals surface area contributed by atoms with E-state index in [0.717, 1.165) is 37.0 Å². The molecule has 0 aliphatic carbocycles. The Bertz CT molecular complexity index is 919. The van der Waals surface area contributed by atoms with Crippen molar-refractivity contribution < 1.29 is 9.80 Å². The summed E-state index contributed by atoms with van der Waals surface area (Å²) in [6.07, 6.45) is 4.52. The van der Waals surface area contributed by atoms with Crippen LogP contribution in [-0.2, 0) is 6.67 Å². The van der Waals surface area contributed by atoms with Gasteiger partial charge < -0.3 is 9.80 Å². The quantitative estimate of drug-likeness (QED) is 0.544. The largest absolute Gasteiger partial charge is 0.322 e. The zero-order chi connectivity index (χ0) is 18.5. The number of H-pyrrole nitrogens is 1. The number of rotatable bonds is 6. The van der Waals surface area contributed by atoms with Crippen LogP contribution >= 0.6 is 23.6 Å². The minimum Gasteiger partial charge on any atom is -0.322 e. The van der Waals surface area contributed by atoms with Crippen LogP contribution in [0.15, 0.2) is 53.9 Å². The van der Waals surface area contributed by atoms with Crippen LogP contribution in [0.3, 0.4) is 0 Å². The first-order valence-corrected chi connectivity index (χ1v) is 10.7. The Morgan fingerprint density at radius 3 is 2.59 bits per heavy atom. The molecule has 0 amide bonds. The highest BCUT2D eigenvalue weighted by Gasteiger charge is 2.22. The molecule has 0 unspecified atom stereocenters. The van der Waals surface area contributed by atoms with Crippen LogP contribution in [0.2, 0.25) is 0 Å². The first-order chi connectivity index (χ1) is 13.3. The molecule has 3 heterocycles. The summed E-state index contributed by atoms with van der Waals surface area (Å²) in [6, 6.07) is 14.6. The number of quaternary nitrogens is 2. The molecule has 0 spiro atoms. The normalized spacial score (nSPS) is 20.3. The topological polar surface area (TPSA) is 42.5 Å². The van der Waals surface area contributed by atoms with E-state index in [9.17, 15) is 0 Å². The van der Waals surface area contributed by atoms with Gasteiger partial charge in [-0.05, 0) is 35.3 Å². The molecule has 0 atom stereocenters. The molecule has 140 valence electrons. The number of hydrogen-bond donors (Lipinski definition) is 3. The first-order valence-electron chi connectivity index (χ1n) is 9.37. The molecule has 5 nitrogen and oxygen atoms in total. The van der Waals surface area contributed by atoms with Gasteiger partial charge in [-0.2, -0.15) is 4.98 Å². The van der Waals surface area contributed by atoms with E-state index in [2.05, 4.69) is 64.0 Å². The zero-order valence-electron chi connectivity index (χ0n) is 15.2. The van der Waals surface area contributed by atoms with Crippen molar-refractivity contribution in [3.05, 3.63) is 64.3 Å². The molecule has 1 aliphatic rings. The lowest BCUT2D eigenvalue weighted by Gasteiger charge is -2.28. The van der Waals surface area contributed by atoms with Crippen LogP contribution in [0, 0.1) is 4.77 Å². The number of benzene rings is 1. The van der Waals surface area contributed by atoms with Crippen LogP contribution in [0.1, 0.15) is 5.56 Å². The van der Waals surface area contributed by atoms with Crippen molar-refractivity contribution in [2.75, 3.05) is 32.7 Å². The first kappa shape index (κ1) is 18.3. The van der Waals surface area contributed by atoms with Gasteiger partial charge in [-0.1, -0.05) is 42.5 Å². The highest BCUT2D eigenvalue weighted by molar-refractivity contribution is 7.71. The van der Waals surface area contributed by atoms with Crippen molar-refractivity contribution in [1.82, 2.24) is 14.8 Å². The van der Waals surface area contributed by atoms with Crippen LogP contribution in [0.4, 0.5) is 0 Å². The summed E-state index contributed by atoms with van der Waals surface area (Å²) in [5, 5.41) is 5.43. The molecule has 1 fully saturated rings. The van der Waals surface area contributed by atoms with Gasteiger partial charge in [-0.15, -0.1) is 11.3 Å². The minimum absolute atomic E-state index is 0.645. The van der Waals surface area contributed by atoms with E-state index in [4.69, 9.17) is 12.2 Å². The van der Waals surface area contributed by atoms with E-state index < -0.39 is 0 Å². The monoisotopic (exact) mass is 399 g/mol. The van der Waals surface area contributed by atoms with Gasteiger partial charge in [0, 0.05) is 0 Å². The fraction of sp³-hybridized carbons (Fsp3) is 0.300. The Hall–Kier alpha value is -2.06. The number of piperazine rings is 1. The number of hydrogen-bond acceptors (Lipinski definition) is 3. The van der Waals surface area contributed by atoms with Crippen molar-refractivity contribution in [2.24, 2.45) is 0 Å². The Kier molecular flexibility index (Phi) is 5.94. The molecule has 0 saturated carbocycles. The molecule has 1 aromatic carbocycles. The second-order valence-corrected chi connectivity index (χ2v) is 8.25. The number of aromatic amines is 1. The fourth-order valence-corrected chi connectivity index (χ4v) is 4.32. The summed E-state index contributed by atoms with van der Waals surface area (Å²) in [7, 11) is 0. The molecular formula is C20H25N5S2+2. The third kappa shape index (κ3) is 4.81. The van der Waals surface area contributed by atoms with Crippen LogP contribution in [0.5, 0.6) is 0 Å². The average molecular weight is 400 g/mol. The van der Waals surface area contributed by atoms with Crippen molar-refractivity contribution in [3.63, 3.8) is 0 Å². The van der Waals surface area contributed by atoms with Crippen molar-refractivity contribution in [1.29, 1.82) is 0 Å². The highest BCUT2D eigenvalue weighted by Crippen LogP contribution is 2.20.